The number of aryl methyl sites for hydroxylation is 1. The third-order valence-corrected chi connectivity index (χ3v) is 5.47. The second-order valence-electron chi connectivity index (χ2n) is 6.37. The highest BCUT2D eigenvalue weighted by atomic mass is 32.1. The van der Waals surface area contributed by atoms with Crippen LogP contribution in [-0.2, 0) is 17.6 Å². The third kappa shape index (κ3) is 2.67. The molecule has 0 radical (unpaired) electrons. The first kappa shape index (κ1) is 15.2. The third-order valence-electron chi connectivity index (χ3n) is 4.30. The van der Waals surface area contributed by atoms with Crippen molar-refractivity contribution in [1.29, 1.82) is 0 Å². The molecule has 3 rings (SSSR count). The van der Waals surface area contributed by atoms with Gasteiger partial charge in [0.1, 0.15) is 17.0 Å². The van der Waals surface area contributed by atoms with Crippen LogP contribution in [0.3, 0.4) is 0 Å². The van der Waals surface area contributed by atoms with E-state index in [-0.39, 0.29) is 5.91 Å². The van der Waals surface area contributed by atoms with Crippen molar-refractivity contribution in [3.8, 4) is 0 Å². The van der Waals surface area contributed by atoms with Crippen molar-refractivity contribution in [2.75, 3.05) is 32.6 Å². The molecule has 5 nitrogen and oxygen atoms in total. The highest BCUT2D eigenvalue weighted by Gasteiger charge is 2.24. The maximum atomic E-state index is 12.0. The molecule has 1 atom stereocenters. The van der Waals surface area contributed by atoms with E-state index in [0.29, 0.717) is 6.54 Å². The Morgan fingerprint density at radius 1 is 1.36 bits per heavy atom. The molecule has 2 heterocycles. The average molecular weight is 318 g/mol. The van der Waals surface area contributed by atoms with Crippen LogP contribution in [0.25, 0.3) is 10.2 Å². The van der Waals surface area contributed by atoms with E-state index in [1.54, 1.807) is 36.7 Å². The fourth-order valence-electron chi connectivity index (χ4n) is 2.97. The number of hydrogen-bond acceptors (Lipinski definition) is 5. The van der Waals surface area contributed by atoms with Crippen molar-refractivity contribution in [3.05, 3.63) is 16.8 Å². The molecule has 0 aliphatic heterocycles. The van der Waals surface area contributed by atoms with Gasteiger partial charge in [0.2, 0.25) is 5.91 Å². The van der Waals surface area contributed by atoms with Gasteiger partial charge in [0.25, 0.3) is 0 Å². The normalized spacial score (nSPS) is 17.4. The van der Waals surface area contributed by atoms with Crippen LogP contribution < -0.4 is 4.90 Å². The average Bonchev–Trinajstić information content (AvgIpc) is 2.83. The Morgan fingerprint density at radius 3 is 2.86 bits per heavy atom. The summed E-state index contributed by atoms with van der Waals surface area (Å²) in [5.74, 6) is 1.70. The van der Waals surface area contributed by atoms with Crippen LogP contribution in [-0.4, -0.2) is 48.5 Å². The van der Waals surface area contributed by atoms with E-state index >= 15 is 0 Å². The van der Waals surface area contributed by atoms with Gasteiger partial charge in [0, 0.05) is 26.0 Å². The summed E-state index contributed by atoms with van der Waals surface area (Å²) in [6.45, 7) is 2.64. The molecule has 0 saturated heterocycles. The van der Waals surface area contributed by atoms with Crippen molar-refractivity contribution in [1.82, 2.24) is 14.9 Å². The lowest BCUT2D eigenvalue weighted by atomic mass is 9.89. The molecule has 1 amide bonds. The molecule has 6 heteroatoms. The number of nitrogens with zero attached hydrogens (tertiary/aromatic N) is 4. The molecule has 0 fully saturated rings. The van der Waals surface area contributed by atoms with Crippen LogP contribution in [0.2, 0.25) is 0 Å². The number of aromatic nitrogens is 2. The van der Waals surface area contributed by atoms with Gasteiger partial charge in [-0.3, -0.25) is 4.79 Å². The first-order valence-corrected chi connectivity index (χ1v) is 8.45. The van der Waals surface area contributed by atoms with Gasteiger partial charge in [-0.05, 0) is 30.7 Å². The summed E-state index contributed by atoms with van der Waals surface area (Å²) in [4.78, 5) is 26.9. The van der Waals surface area contributed by atoms with Crippen LogP contribution in [0.5, 0.6) is 0 Å². The van der Waals surface area contributed by atoms with Crippen LogP contribution in [0.4, 0.5) is 5.82 Å². The molecular weight excluding hydrogens is 296 g/mol. The molecule has 1 aliphatic carbocycles. The first-order chi connectivity index (χ1) is 10.5. The van der Waals surface area contributed by atoms with Gasteiger partial charge in [-0.15, -0.1) is 11.3 Å². The number of rotatable bonds is 3. The van der Waals surface area contributed by atoms with E-state index in [9.17, 15) is 4.79 Å². The fraction of sp³-hybridized carbons (Fsp3) is 0.562. The van der Waals surface area contributed by atoms with E-state index in [1.165, 1.54) is 16.9 Å². The smallest absolute Gasteiger partial charge is 0.241 e. The van der Waals surface area contributed by atoms with E-state index in [0.717, 1.165) is 34.8 Å². The topological polar surface area (TPSA) is 49.3 Å². The highest BCUT2D eigenvalue weighted by Crippen LogP contribution is 2.40. The van der Waals surface area contributed by atoms with Gasteiger partial charge in [-0.25, -0.2) is 9.97 Å². The Labute approximate surface area is 135 Å². The largest absolute Gasteiger partial charge is 0.350 e. The van der Waals surface area contributed by atoms with Crippen LogP contribution in [0.15, 0.2) is 6.33 Å². The minimum absolute atomic E-state index is 0.0759. The fourth-order valence-corrected chi connectivity index (χ4v) is 4.31. The van der Waals surface area contributed by atoms with Crippen LogP contribution in [0, 0.1) is 5.92 Å². The number of hydrogen-bond donors (Lipinski definition) is 0. The number of carbonyl (C=O) groups excluding carboxylic acids is 1. The standard InChI is InChI=1S/C16H22N4OS/c1-10-5-6-11-12(7-10)22-16-14(11)15(17-9-18-16)20(4)8-13(21)19(2)3/h9-10H,5-8H2,1-4H3/t10-/m1/s1. The molecule has 118 valence electrons. The lowest BCUT2D eigenvalue weighted by Crippen LogP contribution is -2.34. The van der Waals surface area contributed by atoms with Gasteiger partial charge in [0.05, 0.1) is 11.9 Å². The summed E-state index contributed by atoms with van der Waals surface area (Å²) in [5, 5.41) is 1.16. The van der Waals surface area contributed by atoms with Gasteiger partial charge >= 0.3 is 0 Å². The molecule has 2 aromatic heterocycles. The monoisotopic (exact) mass is 318 g/mol. The van der Waals surface area contributed by atoms with E-state index in [4.69, 9.17) is 0 Å². The molecule has 1 aliphatic rings. The molecule has 0 saturated carbocycles. The van der Waals surface area contributed by atoms with Gasteiger partial charge in [0.15, 0.2) is 0 Å². The summed E-state index contributed by atoms with van der Waals surface area (Å²) >= 11 is 1.79. The van der Waals surface area contributed by atoms with Crippen molar-refractivity contribution in [2.24, 2.45) is 5.92 Å². The molecule has 0 aromatic carbocycles. The zero-order chi connectivity index (χ0) is 15.9. The van der Waals surface area contributed by atoms with Gasteiger partial charge in [-0.2, -0.15) is 0 Å². The number of carbonyl (C=O) groups is 1. The highest BCUT2D eigenvalue weighted by molar-refractivity contribution is 7.19. The molecular formula is C16H22N4OS. The Morgan fingerprint density at radius 2 is 2.14 bits per heavy atom. The maximum absolute atomic E-state index is 12.0. The molecule has 0 bridgehead atoms. The quantitative estimate of drug-likeness (QED) is 0.871. The summed E-state index contributed by atoms with van der Waals surface area (Å²) in [7, 11) is 5.48. The van der Waals surface area contributed by atoms with Gasteiger partial charge < -0.3 is 9.80 Å². The summed E-state index contributed by atoms with van der Waals surface area (Å²) in [6.07, 6.45) is 5.05. The number of likely N-dealkylation sites (N-methyl/N-ethyl adjacent to an activating group) is 2. The first-order valence-electron chi connectivity index (χ1n) is 7.64. The Bertz CT molecular complexity index is 709. The van der Waals surface area contributed by atoms with Crippen molar-refractivity contribution < 1.29 is 4.79 Å². The van der Waals surface area contributed by atoms with E-state index < -0.39 is 0 Å². The summed E-state index contributed by atoms with van der Waals surface area (Å²) in [6, 6.07) is 0. The zero-order valence-electron chi connectivity index (χ0n) is 13.6. The summed E-state index contributed by atoms with van der Waals surface area (Å²) in [5.41, 5.74) is 1.40. The summed E-state index contributed by atoms with van der Waals surface area (Å²) < 4.78 is 0. The second kappa shape index (κ2) is 5.83. The van der Waals surface area contributed by atoms with Crippen molar-refractivity contribution in [3.63, 3.8) is 0 Å². The van der Waals surface area contributed by atoms with Crippen molar-refractivity contribution in [2.45, 2.75) is 26.2 Å². The van der Waals surface area contributed by atoms with Crippen molar-refractivity contribution >= 4 is 33.3 Å². The molecule has 22 heavy (non-hydrogen) atoms. The predicted octanol–water partition coefficient (Wildman–Crippen LogP) is 2.34. The SMILES string of the molecule is C[C@@H]1CCc2c(sc3ncnc(N(C)CC(=O)N(C)C)c23)C1. The van der Waals surface area contributed by atoms with Crippen LogP contribution in [0.1, 0.15) is 23.8 Å². The second-order valence-corrected chi connectivity index (χ2v) is 7.46. The number of fused-ring (bicyclic) bond motifs is 3. The van der Waals surface area contributed by atoms with E-state index in [2.05, 4.69) is 16.9 Å². The minimum Gasteiger partial charge on any atom is -0.350 e. The Balaban J connectivity index is 2.01. The van der Waals surface area contributed by atoms with E-state index in [1.807, 2.05) is 11.9 Å². The Kier molecular flexibility index (Phi) is 4.04. The molecule has 0 N–H and O–H groups in total. The lowest BCUT2D eigenvalue weighted by Gasteiger charge is -2.22. The number of anilines is 1. The van der Waals surface area contributed by atoms with Gasteiger partial charge in [-0.1, -0.05) is 6.92 Å². The molecule has 0 spiro atoms. The zero-order valence-corrected chi connectivity index (χ0v) is 14.4. The van der Waals surface area contributed by atoms with Crippen LogP contribution >= 0.6 is 11.3 Å². The number of thiophene rings is 1. The number of amides is 1. The lowest BCUT2D eigenvalue weighted by molar-refractivity contribution is -0.127. The Hall–Kier alpha value is -1.69. The predicted molar refractivity (Wildman–Crippen MR) is 90.6 cm³/mol. The maximum Gasteiger partial charge on any atom is 0.241 e. The molecule has 2 aromatic rings. The molecule has 0 unspecified atom stereocenters. The minimum atomic E-state index is 0.0759.